The van der Waals surface area contributed by atoms with E-state index in [4.69, 9.17) is 5.73 Å². The molecule has 18 heavy (non-hydrogen) atoms. The summed E-state index contributed by atoms with van der Waals surface area (Å²) < 4.78 is 0. The number of fused-ring (bicyclic) bond motifs is 3. The fraction of sp³-hybridized carbons (Fsp3) is 0.0667. The first-order chi connectivity index (χ1) is 8.75. The summed E-state index contributed by atoms with van der Waals surface area (Å²) in [4.78, 5) is 15.5. The van der Waals surface area contributed by atoms with Gasteiger partial charge in [-0.05, 0) is 16.7 Å². The van der Waals surface area contributed by atoms with Crippen LogP contribution in [0.4, 0.5) is 0 Å². The molecule has 1 aliphatic carbocycles. The van der Waals surface area contributed by atoms with Crippen LogP contribution in [0.1, 0.15) is 17.5 Å². The SMILES string of the molecule is NC(=O)C1=CC=C2C(=CN=Cc3ccccc32)C1. The smallest absolute Gasteiger partial charge is 0.244 e. The lowest BCUT2D eigenvalue weighted by Crippen LogP contribution is -2.16. The number of aliphatic imine (C=N–C) groups is 1. The van der Waals surface area contributed by atoms with Gasteiger partial charge in [-0.1, -0.05) is 36.4 Å². The molecule has 3 heteroatoms. The van der Waals surface area contributed by atoms with E-state index >= 15 is 0 Å². The van der Waals surface area contributed by atoms with Crippen molar-refractivity contribution < 1.29 is 4.79 Å². The maximum atomic E-state index is 11.2. The standard InChI is InChI=1S/C15H12N2O/c16-15(18)10-5-6-14-12(7-10)9-17-8-11-3-1-2-4-13(11)14/h1-6,8-9H,7H2,(H2,16,18). The fourth-order valence-corrected chi connectivity index (χ4v) is 2.26. The Kier molecular flexibility index (Phi) is 2.45. The zero-order chi connectivity index (χ0) is 12.5. The summed E-state index contributed by atoms with van der Waals surface area (Å²) >= 11 is 0. The van der Waals surface area contributed by atoms with Crippen LogP contribution in [0.3, 0.4) is 0 Å². The molecule has 0 spiro atoms. The molecule has 1 amide bonds. The minimum Gasteiger partial charge on any atom is -0.366 e. The van der Waals surface area contributed by atoms with Gasteiger partial charge in [0.2, 0.25) is 5.91 Å². The molecule has 3 rings (SSSR count). The second kappa shape index (κ2) is 4.11. The van der Waals surface area contributed by atoms with Crippen molar-refractivity contribution in [2.24, 2.45) is 10.7 Å². The summed E-state index contributed by atoms with van der Waals surface area (Å²) in [5, 5.41) is 0. The van der Waals surface area contributed by atoms with E-state index in [2.05, 4.69) is 11.1 Å². The van der Waals surface area contributed by atoms with Crippen molar-refractivity contribution in [3.8, 4) is 0 Å². The van der Waals surface area contributed by atoms with E-state index in [9.17, 15) is 4.79 Å². The summed E-state index contributed by atoms with van der Waals surface area (Å²) in [5.41, 5.74) is 10.3. The monoisotopic (exact) mass is 236 g/mol. The Balaban J connectivity index is 2.16. The summed E-state index contributed by atoms with van der Waals surface area (Å²) in [6.07, 6.45) is 7.94. The zero-order valence-electron chi connectivity index (χ0n) is 9.76. The van der Waals surface area contributed by atoms with Crippen molar-refractivity contribution in [3.05, 3.63) is 64.9 Å². The number of carbonyl (C=O) groups is 1. The van der Waals surface area contributed by atoms with Crippen LogP contribution in [0.15, 0.2) is 58.8 Å². The van der Waals surface area contributed by atoms with Crippen molar-refractivity contribution in [1.29, 1.82) is 0 Å². The summed E-state index contributed by atoms with van der Waals surface area (Å²) in [5.74, 6) is -0.368. The quantitative estimate of drug-likeness (QED) is 0.798. The molecule has 3 nitrogen and oxygen atoms in total. The van der Waals surface area contributed by atoms with Gasteiger partial charge in [-0.15, -0.1) is 0 Å². The van der Waals surface area contributed by atoms with Gasteiger partial charge in [-0.3, -0.25) is 9.79 Å². The van der Waals surface area contributed by atoms with Gasteiger partial charge in [-0.2, -0.15) is 0 Å². The van der Waals surface area contributed by atoms with Crippen LogP contribution in [-0.2, 0) is 4.79 Å². The van der Waals surface area contributed by atoms with Gasteiger partial charge in [0.25, 0.3) is 0 Å². The van der Waals surface area contributed by atoms with Crippen molar-refractivity contribution in [3.63, 3.8) is 0 Å². The number of carbonyl (C=O) groups excluding carboxylic acids is 1. The normalized spacial score (nSPS) is 16.8. The van der Waals surface area contributed by atoms with E-state index in [0.717, 1.165) is 22.3 Å². The molecule has 0 saturated heterocycles. The topological polar surface area (TPSA) is 55.5 Å². The molecule has 1 aromatic carbocycles. The average molecular weight is 236 g/mol. The molecule has 0 saturated carbocycles. The number of allylic oxidation sites excluding steroid dienone is 4. The van der Waals surface area contributed by atoms with E-state index in [1.54, 1.807) is 6.08 Å². The van der Waals surface area contributed by atoms with Crippen LogP contribution in [0.5, 0.6) is 0 Å². The van der Waals surface area contributed by atoms with Crippen molar-refractivity contribution in [1.82, 2.24) is 0 Å². The van der Waals surface area contributed by atoms with Gasteiger partial charge >= 0.3 is 0 Å². The number of nitrogens with two attached hydrogens (primary N) is 1. The van der Waals surface area contributed by atoms with Gasteiger partial charge in [0, 0.05) is 30.0 Å². The lowest BCUT2D eigenvalue weighted by atomic mass is 9.87. The molecule has 0 radical (unpaired) electrons. The Morgan fingerprint density at radius 2 is 2.06 bits per heavy atom. The molecular formula is C15H12N2O. The minimum atomic E-state index is -0.368. The van der Waals surface area contributed by atoms with E-state index in [1.807, 2.05) is 36.7 Å². The molecule has 88 valence electrons. The third-order valence-corrected chi connectivity index (χ3v) is 3.19. The van der Waals surface area contributed by atoms with Gasteiger partial charge in [0.15, 0.2) is 0 Å². The Labute approximate surface area is 105 Å². The molecule has 2 N–H and O–H groups in total. The second-order valence-electron chi connectivity index (χ2n) is 4.33. The summed E-state index contributed by atoms with van der Waals surface area (Å²) in [7, 11) is 0. The molecular weight excluding hydrogens is 224 g/mol. The highest BCUT2D eigenvalue weighted by Crippen LogP contribution is 2.34. The van der Waals surface area contributed by atoms with Crippen molar-refractivity contribution in [2.45, 2.75) is 6.42 Å². The number of amides is 1. The molecule has 0 unspecified atom stereocenters. The minimum absolute atomic E-state index is 0.368. The zero-order valence-corrected chi connectivity index (χ0v) is 9.76. The van der Waals surface area contributed by atoms with Crippen LogP contribution in [-0.4, -0.2) is 12.1 Å². The Hall–Kier alpha value is -2.42. The largest absolute Gasteiger partial charge is 0.366 e. The van der Waals surface area contributed by atoms with Gasteiger partial charge in [-0.25, -0.2) is 0 Å². The molecule has 2 aliphatic rings. The summed E-state index contributed by atoms with van der Waals surface area (Å²) in [6.45, 7) is 0. The van der Waals surface area contributed by atoms with E-state index in [0.29, 0.717) is 12.0 Å². The van der Waals surface area contributed by atoms with Crippen molar-refractivity contribution in [2.75, 3.05) is 0 Å². The molecule has 0 aromatic heterocycles. The Morgan fingerprint density at radius 3 is 2.89 bits per heavy atom. The van der Waals surface area contributed by atoms with Crippen LogP contribution in [0.2, 0.25) is 0 Å². The molecule has 0 atom stereocenters. The maximum absolute atomic E-state index is 11.2. The second-order valence-corrected chi connectivity index (χ2v) is 4.33. The van der Waals surface area contributed by atoms with Crippen LogP contribution >= 0.6 is 0 Å². The van der Waals surface area contributed by atoms with Gasteiger partial charge in [0.1, 0.15) is 0 Å². The van der Waals surface area contributed by atoms with E-state index in [1.165, 1.54) is 0 Å². The number of hydrogen-bond acceptors (Lipinski definition) is 2. The first-order valence-corrected chi connectivity index (χ1v) is 5.78. The van der Waals surface area contributed by atoms with E-state index in [-0.39, 0.29) is 5.91 Å². The first kappa shape index (κ1) is 10.7. The van der Waals surface area contributed by atoms with Gasteiger partial charge in [0.05, 0.1) is 0 Å². The van der Waals surface area contributed by atoms with Crippen LogP contribution < -0.4 is 5.73 Å². The lowest BCUT2D eigenvalue weighted by Gasteiger charge is -2.16. The fourth-order valence-electron chi connectivity index (χ4n) is 2.26. The number of nitrogens with zero attached hydrogens (tertiary/aromatic N) is 1. The predicted octanol–water partition coefficient (Wildman–Crippen LogP) is 2.20. The third-order valence-electron chi connectivity index (χ3n) is 3.19. The third kappa shape index (κ3) is 1.70. The number of benzene rings is 1. The molecule has 1 aliphatic heterocycles. The molecule has 0 fully saturated rings. The van der Waals surface area contributed by atoms with Crippen LogP contribution in [0, 0.1) is 0 Å². The highest BCUT2D eigenvalue weighted by molar-refractivity contribution is 6.00. The molecule has 0 bridgehead atoms. The number of hydrogen-bond donors (Lipinski definition) is 1. The number of rotatable bonds is 1. The highest BCUT2D eigenvalue weighted by atomic mass is 16.1. The Morgan fingerprint density at radius 1 is 1.22 bits per heavy atom. The maximum Gasteiger partial charge on any atom is 0.244 e. The van der Waals surface area contributed by atoms with Crippen LogP contribution in [0.25, 0.3) is 5.57 Å². The van der Waals surface area contributed by atoms with Gasteiger partial charge < -0.3 is 5.73 Å². The Bertz CT molecular complexity index is 648. The predicted molar refractivity (Wildman–Crippen MR) is 72.0 cm³/mol. The summed E-state index contributed by atoms with van der Waals surface area (Å²) in [6, 6.07) is 8.09. The lowest BCUT2D eigenvalue weighted by molar-refractivity contribution is -0.114. The average Bonchev–Trinajstić information content (AvgIpc) is 2.57. The molecule has 1 heterocycles. The highest BCUT2D eigenvalue weighted by Gasteiger charge is 2.19. The number of primary amides is 1. The first-order valence-electron chi connectivity index (χ1n) is 5.78. The molecule has 1 aromatic rings. The van der Waals surface area contributed by atoms with E-state index < -0.39 is 0 Å². The van der Waals surface area contributed by atoms with Crippen molar-refractivity contribution >= 4 is 17.7 Å².